The van der Waals surface area contributed by atoms with Gasteiger partial charge in [0, 0.05) is 17.3 Å². The van der Waals surface area contributed by atoms with Crippen LogP contribution in [0.2, 0.25) is 0 Å². The number of aromatic nitrogens is 1. The largest absolute Gasteiger partial charge is 0.495 e. The number of benzene rings is 2. The number of methoxy groups -OCH3 is 1. The van der Waals surface area contributed by atoms with Gasteiger partial charge in [0.2, 0.25) is 0 Å². The number of hydrogen-bond acceptors (Lipinski definition) is 6. The fourth-order valence-corrected chi connectivity index (χ4v) is 4.34. The van der Waals surface area contributed by atoms with Crippen molar-refractivity contribution < 1.29 is 18.8 Å². The Labute approximate surface area is 203 Å². The standard InChI is InChI=1S/C25H26N4O4S/c1-5-32-19-12-8-6-10-17(19)23-22(24(30)26-21-14-15(2)33-28-21)16(3)29(25(34)27-23)18-11-7-9-13-20(18)31-4/h6-14,23H,5H2,1-4H3,(H,27,34)(H,26,28,30)/t23-/m1/s1. The quantitative estimate of drug-likeness (QED) is 0.471. The van der Waals surface area contributed by atoms with Crippen LogP contribution in [0.25, 0.3) is 0 Å². The lowest BCUT2D eigenvalue weighted by molar-refractivity contribution is -0.113. The average molecular weight is 479 g/mol. The summed E-state index contributed by atoms with van der Waals surface area (Å²) in [5.41, 5.74) is 2.64. The number of anilines is 2. The first-order valence-electron chi connectivity index (χ1n) is 10.8. The molecule has 2 heterocycles. The maximum absolute atomic E-state index is 13.6. The Morgan fingerprint density at radius 3 is 2.56 bits per heavy atom. The maximum Gasteiger partial charge on any atom is 0.257 e. The predicted molar refractivity (Wildman–Crippen MR) is 134 cm³/mol. The zero-order valence-corrected chi connectivity index (χ0v) is 20.2. The lowest BCUT2D eigenvalue weighted by Gasteiger charge is -2.38. The van der Waals surface area contributed by atoms with Crippen molar-refractivity contribution in [2.45, 2.75) is 26.8 Å². The fourth-order valence-electron chi connectivity index (χ4n) is 3.99. The molecule has 2 N–H and O–H groups in total. The number of hydrogen-bond donors (Lipinski definition) is 2. The van der Waals surface area contributed by atoms with Crippen molar-refractivity contribution in [2.75, 3.05) is 23.9 Å². The van der Waals surface area contributed by atoms with Gasteiger partial charge in [-0.25, -0.2) is 0 Å². The Hall–Kier alpha value is -3.85. The van der Waals surface area contributed by atoms with Crippen molar-refractivity contribution in [1.82, 2.24) is 10.5 Å². The number of aryl methyl sites for hydroxylation is 1. The minimum Gasteiger partial charge on any atom is -0.495 e. The Balaban J connectivity index is 1.86. The van der Waals surface area contributed by atoms with Crippen molar-refractivity contribution in [3.8, 4) is 11.5 Å². The first-order chi connectivity index (χ1) is 16.4. The minimum atomic E-state index is -0.547. The van der Waals surface area contributed by atoms with Crippen LogP contribution in [0, 0.1) is 6.92 Å². The van der Waals surface area contributed by atoms with Crippen molar-refractivity contribution in [2.24, 2.45) is 0 Å². The van der Waals surface area contributed by atoms with E-state index in [4.69, 9.17) is 26.2 Å². The molecule has 1 aliphatic heterocycles. The molecule has 4 rings (SSSR count). The van der Waals surface area contributed by atoms with Gasteiger partial charge in [0.1, 0.15) is 17.3 Å². The van der Waals surface area contributed by atoms with Gasteiger partial charge in [-0.1, -0.05) is 35.5 Å². The van der Waals surface area contributed by atoms with Gasteiger partial charge in [0.25, 0.3) is 5.91 Å². The van der Waals surface area contributed by atoms with Crippen LogP contribution < -0.4 is 25.0 Å². The van der Waals surface area contributed by atoms with Crippen LogP contribution in [0.4, 0.5) is 11.5 Å². The molecule has 1 aromatic heterocycles. The second kappa shape index (κ2) is 9.96. The maximum atomic E-state index is 13.6. The molecule has 176 valence electrons. The van der Waals surface area contributed by atoms with E-state index in [2.05, 4.69) is 15.8 Å². The number of rotatable bonds is 7. The van der Waals surface area contributed by atoms with Crippen molar-refractivity contribution in [3.63, 3.8) is 0 Å². The van der Waals surface area contributed by atoms with E-state index in [-0.39, 0.29) is 5.91 Å². The fraction of sp³-hybridized carbons (Fsp3) is 0.240. The summed E-state index contributed by atoms with van der Waals surface area (Å²) in [6.45, 7) is 6.03. The molecule has 34 heavy (non-hydrogen) atoms. The van der Waals surface area contributed by atoms with E-state index < -0.39 is 6.04 Å². The molecule has 0 fully saturated rings. The molecule has 0 bridgehead atoms. The van der Waals surface area contributed by atoms with Gasteiger partial charge in [-0.05, 0) is 51.2 Å². The molecule has 0 unspecified atom stereocenters. The van der Waals surface area contributed by atoms with Gasteiger partial charge >= 0.3 is 0 Å². The highest BCUT2D eigenvalue weighted by molar-refractivity contribution is 7.80. The van der Waals surface area contributed by atoms with Gasteiger partial charge in [0.05, 0.1) is 31.0 Å². The van der Waals surface area contributed by atoms with Gasteiger partial charge < -0.3 is 24.6 Å². The summed E-state index contributed by atoms with van der Waals surface area (Å²) < 4.78 is 16.5. The molecule has 1 aliphatic rings. The Morgan fingerprint density at radius 2 is 1.88 bits per heavy atom. The molecule has 9 heteroatoms. The van der Waals surface area contributed by atoms with Crippen LogP contribution in [0.5, 0.6) is 11.5 Å². The zero-order valence-electron chi connectivity index (χ0n) is 19.4. The van der Waals surface area contributed by atoms with E-state index in [1.165, 1.54) is 0 Å². The number of allylic oxidation sites excluding steroid dienone is 1. The van der Waals surface area contributed by atoms with Crippen molar-refractivity contribution in [3.05, 3.63) is 77.2 Å². The van der Waals surface area contributed by atoms with Crippen molar-refractivity contribution >= 4 is 34.7 Å². The third kappa shape index (κ3) is 4.47. The number of para-hydroxylation sites is 3. The number of ether oxygens (including phenoxy) is 2. The highest BCUT2D eigenvalue weighted by Gasteiger charge is 2.37. The van der Waals surface area contributed by atoms with E-state index in [1.807, 2.05) is 62.4 Å². The Bertz CT molecular complexity index is 1250. The summed E-state index contributed by atoms with van der Waals surface area (Å²) in [5.74, 6) is 1.89. The summed E-state index contributed by atoms with van der Waals surface area (Å²) in [5, 5.41) is 10.5. The summed E-state index contributed by atoms with van der Waals surface area (Å²) in [4.78, 5) is 15.4. The molecule has 0 saturated carbocycles. The predicted octanol–water partition coefficient (Wildman–Crippen LogP) is 4.74. The monoisotopic (exact) mass is 478 g/mol. The number of thiocarbonyl (C=S) groups is 1. The highest BCUT2D eigenvalue weighted by atomic mass is 32.1. The van der Waals surface area contributed by atoms with Gasteiger partial charge in [0.15, 0.2) is 10.9 Å². The number of amides is 1. The average Bonchev–Trinajstić information content (AvgIpc) is 3.23. The van der Waals surface area contributed by atoms with E-state index in [1.54, 1.807) is 25.0 Å². The van der Waals surface area contributed by atoms with Crippen LogP contribution in [-0.2, 0) is 4.79 Å². The van der Waals surface area contributed by atoms with Crippen molar-refractivity contribution in [1.29, 1.82) is 0 Å². The molecule has 0 spiro atoms. The van der Waals surface area contributed by atoms with E-state index in [0.29, 0.717) is 46.1 Å². The Kier molecular flexibility index (Phi) is 6.83. The number of nitrogens with zero attached hydrogens (tertiary/aromatic N) is 2. The smallest absolute Gasteiger partial charge is 0.257 e. The molecule has 0 radical (unpaired) electrons. The molecule has 8 nitrogen and oxygen atoms in total. The first kappa shape index (κ1) is 23.3. The third-order valence-electron chi connectivity index (χ3n) is 5.45. The summed E-state index contributed by atoms with van der Waals surface area (Å²) >= 11 is 5.78. The highest BCUT2D eigenvalue weighted by Crippen LogP contribution is 2.40. The number of carbonyl (C=O) groups is 1. The van der Waals surface area contributed by atoms with E-state index in [9.17, 15) is 4.79 Å². The number of nitrogens with one attached hydrogen (secondary N) is 2. The van der Waals surface area contributed by atoms with E-state index >= 15 is 0 Å². The zero-order chi connectivity index (χ0) is 24.2. The SMILES string of the molecule is CCOc1ccccc1[C@H]1NC(=S)N(c2ccccc2OC)C(C)=C1C(=O)Nc1cc(C)on1. The van der Waals surface area contributed by atoms with Gasteiger partial charge in [-0.2, -0.15) is 0 Å². The molecule has 0 saturated heterocycles. The van der Waals surface area contributed by atoms with Crippen LogP contribution in [-0.4, -0.2) is 29.9 Å². The van der Waals surface area contributed by atoms with Crippen LogP contribution in [0.15, 0.2) is 70.4 Å². The minimum absolute atomic E-state index is 0.330. The summed E-state index contributed by atoms with van der Waals surface area (Å²) in [6, 6.07) is 16.2. The molecule has 0 aliphatic carbocycles. The molecule has 2 aromatic carbocycles. The molecule has 3 aromatic rings. The van der Waals surface area contributed by atoms with Crippen LogP contribution in [0.1, 0.15) is 31.2 Å². The molecule has 1 atom stereocenters. The molecular formula is C25H26N4O4S. The normalized spacial score (nSPS) is 15.7. The van der Waals surface area contributed by atoms with Gasteiger partial charge in [-0.15, -0.1) is 0 Å². The second-order valence-electron chi connectivity index (χ2n) is 7.64. The first-order valence-corrected chi connectivity index (χ1v) is 11.3. The molecular weight excluding hydrogens is 452 g/mol. The van der Waals surface area contributed by atoms with Crippen LogP contribution >= 0.6 is 12.2 Å². The van der Waals surface area contributed by atoms with Gasteiger partial charge in [-0.3, -0.25) is 9.69 Å². The van der Waals surface area contributed by atoms with Crippen LogP contribution in [0.3, 0.4) is 0 Å². The lowest BCUT2D eigenvalue weighted by Crippen LogP contribution is -2.48. The van der Waals surface area contributed by atoms with E-state index in [0.717, 1.165) is 11.3 Å². The third-order valence-corrected chi connectivity index (χ3v) is 5.76. The molecule has 1 amide bonds. The number of carbonyl (C=O) groups excluding carboxylic acids is 1. The Morgan fingerprint density at radius 1 is 1.18 bits per heavy atom. The topological polar surface area (TPSA) is 88.9 Å². The second-order valence-corrected chi connectivity index (χ2v) is 8.02. The summed E-state index contributed by atoms with van der Waals surface area (Å²) in [6.07, 6.45) is 0. The lowest BCUT2D eigenvalue weighted by atomic mass is 9.93. The summed E-state index contributed by atoms with van der Waals surface area (Å²) in [7, 11) is 1.60.